The van der Waals surface area contributed by atoms with Crippen molar-refractivity contribution in [3.63, 3.8) is 0 Å². The minimum absolute atomic E-state index is 0.0550. The molecule has 256 valence electrons. The first-order chi connectivity index (χ1) is 20.9. The third-order valence-corrected chi connectivity index (χ3v) is 13.5. The molecule has 4 fully saturated rings. The lowest BCUT2D eigenvalue weighted by Crippen LogP contribution is -2.66. The van der Waals surface area contributed by atoms with Crippen molar-refractivity contribution >= 4 is 6.29 Å². The van der Waals surface area contributed by atoms with E-state index in [4.69, 9.17) is 9.47 Å². The predicted molar refractivity (Wildman–Crippen MR) is 169 cm³/mol. The van der Waals surface area contributed by atoms with E-state index in [2.05, 4.69) is 32.9 Å². The van der Waals surface area contributed by atoms with Gasteiger partial charge in [0.1, 0.15) is 30.7 Å². The Labute approximate surface area is 268 Å². The van der Waals surface area contributed by atoms with Crippen molar-refractivity contribution in [1.82, 2.24) is 0 Å². The van der Waals surface area contributed by atoms with E-state index in [9.17, 15) is 35.4 Å². The van der Waals surface area contributed by atoms with Crippen LogP contribution in [-0.4, -0.2) is 92.0 Å². The maximum absolute atomic E-state index is 13.7. The second-order valence-electron chi connectivity index (χ2n) is 16.7. The van der Waals surface area contributed by atoms with Gasteiger partial charge in [-0.3, -0.25) is 0 Å². The quantitative estimate of drug-likeness (QED) is 0.174. The minimum Gasteiger partial charge on any atom is -0.394 e. The number of carbonyl (C=O) groups is 1. The molecule has 0 amide bonds. The van der Waals surface area contributed by atoms with Crippen molar-refractivity contribution in [3.8, 4) is 0 Å². The van der Waals surface area contributed by atoms with Gasteiger partial charge in [0.15, 0.2) is 6.29 Å². The summed E-state index contributed by atoms with van der Waals surface area (Å²) >= 11 is 0. The van der Waals surface area contributed by atoms with E-state index >= 15 is 0 Å². The van der Waals surface area contributed by atoms with E-state index in [1.54, 1.807) is 13.8 Å². The summed E-state index contributed by atoms with van der Waals surface area (Å²) in [5, 5.41) is 63.2. The molecule has 45 heavy (non-hydrogen) atoms. The second kappa shape index (κ2) is 12.1. The van der Waals surface area contributed by atoms with E-state index in [0.717, 1.165) is 31.3 Å². The van der Waals surface area contributed by atoms with Gasteiger partial charge in [0.25, 0.3) is 0 Å². The monoisotopic (exact) mass is 634 g/mol. The normalized spacial score (nSPS) is 48.7. The number of aliphatic hydroxyl groups excluding tert-OH is 5. The van der Waals surface area contributed by atoms with Gasteiger partial charge in [-0.25, -0.2) is 0 Å². The molecular weight excluding hydrogens is 576 g/mol. The number of fused-ring (bicyclic) bond motifs is 5. The fourth-order valence-corrected chi connectivity index (χ4v) is 10.7. The van der Waals surface area contributed by atoms with Crippen LogP contribution in [0.25, 0.3) is 0 Å². The Hall–Kier alpha value is -1.17. The molecule has 0 aromatic carbocycles. The molecule has 0 bridgehead atoms. The highest BCUT2D eigenvalue weighted by molar-refractivity contribution is 5.65. The highest BCUT2D eigenvalue weighted by Gasteiger charge is 2.71. The molecule has 1 unspecified atom stereocenters. The molecule has 3 saturated carbocycles. The standard InChI is InChI=1S/C36H58O9/c1-20(9-8-13-32(2,3)43)21-12-14-35(7)30-24(44-31-29(42)28(41)27(40)25(18-37)45-31)17-23-22(10-11-26(39)33(23,4)5)36(30,19-38)16-15-34(21,35)6/h8,13,17,19-22,24-31,37,39-43H,9-12,14-16,18H2,1-7H3/b13-8+/t20-,21-,22?,24+,25-,26+,27-,28+,29-,30+,31-,34-,35+,36-/m1/s1. The fraction of sp³-hybridized carbons (Fsp3) is 0.861. The van der Waals surface area contributed by atoms with Crippen molar-refractivity contribution in [2.75, 3.05) is 6.61 Å². The van der Waals surface area contributed by atoms with Crippen LogP contribution in [0, 0.1) is 45.3 Å². The van der Waals surface area contributed by atoms with E-state index in [0.29, 0.717) is 31.1 Å². The maximum Gasteiger partial charge on any atom is 0.187 e. The molecule has 4 aliphatic carbocycles. The molecule has 1 heterocycles. The summed E-state index contributed by atoms with van der Waals surface area (Å²) in [6.07, 6.45) is 4.43. The fourth-order valence-electron chi connectivity index (χ4n) is 10.7. The lowest BCUT2D eigenvalue weighted by atomic mass is 9.38. The van der Waals surface area contributed by atoms with Gasteiger partial charge >= 0.3 is 0 Å². The zero-order valence-corrected chi connectivity index (χ0v) is 28.2. The number of aliphatic hydroxyl groups is 6. The summed E-state index contributed by atoms with van der Waals surface area (Å²) in [5.41, 5.74) is -1.68. The molecule has 5 aliphatic rings. The molecule has 0 spiro atoms. The van der Waals surface area contributed by atoms with Gasteiger partial charge in [-0.05, 0) is 87.4 Å². The number of ether oxygens (including phenoxy) is 2. The highest BCUT2D eigenvalue weighted by atomic mass is 16.7. The Morgan fingerprint density at radius 2 is 1.69 bits per heavy atom. The van der Waals surface area contributed by atoms with Crippen LogP contribution in [0.15, 0.2) is 23.8 Å². The number of hydrogen-bond acceptors (Lipinski definition) is 9. The van der Waals surface area contributed by atoms with Gasteiger partial charge in [-0.1, -0.05) is 58.4 Å². The second-order valence-corrected chi connectivity index (χ2v) is 16.7. The van der Waals surface area contributed by atoms with Gasteiger partial charge < -0.3 is 44.9 Å². The number of hydrogen-bond donors (Lipinski definition) is 6. The van der Waals surface area contributed by atoms with Crippen LogP contribution in [0.4, 0.5) is 0 Å². The molecule has 9 heteroatoms. The molecular formula is C36H58O9. The zero-order valence-electron chi connectivity index (χ0n) is 28.2. The van der Waals surface area contributed by atoms with Gasteiger partial charge in [-0.2, -0.15) is 0 Å². The van der Waals surface area contributed by atoms with Crippen LogP contribution in [-0.2, 0) is 14.3 Å². The summed E-state index contributed by atoms with van der Waals surface area (Å²) < 4.78 is 12.5. The molecule has 5 rings (SSSR count). The van der Waals surface area contributed by atoms with Crippen LogP contribution < -0.4 is 0 Å². The largest absolute Gasteiger partial charge is 0.394 e. The lowest BCUT2D eigenvalue weighted by molar-refractivity contribution is -0.321. The molecule has 0 radical (unpaired) electrons. The predicted octanol–water partition coefficient (Wildman–Crippen LogP) is 3.28. The summed E-state index contributed by atoms with van der Waals surface area (Å²) in [6.45, 7) is 14.0. The Bertz CT molecular complexity index is 1160. The van der Waals surface area contributed by atoms with Crippen molar-refractivity contribution in [2.45, 2.75) is 142 Å². The third kappa shape index (κ3) is 5.51. The molecule has 9 nitrogen and oxygen atoms in total. The third-order valence-electron chi connectivity index (χ3n) is 13.5. The van der Waals surface area contributed by atoms with E-state index in [1.165, 1.54) is 6.29 Å². The van der Waals surface area contributed by atoms with E-state index in [1.807, 2.05) is 19.9 Å². The summed E-state index contributed by atoms with van der Waals surface area (Å²) in [5.74, 6) is 0.405. The average Bonchev–Trinajstić information content (AvgIpc) is 3.25. The molecule has 6 N–H and O–H groups in total. The van der Waals surface area contributed by atoms with Crippen LogP contribution in [0.3, 0.4) is 0 Å². The maximum atomic E-state index is 13.7. The van der Waals surface area contributed by atoms with Gasteiger partial charge in [0.2, 0.25) is 0 Å². The lowest BCUT2D eigenvalue weighted by Gasteiger charge is -2.66. The van der Waals surface area contributed by atoms with Gasteiger partial charge in [-0.15, -0.1) is 0 Å². The van der Waals surface area contributed by atoms with E-state index in [-0.39, 0.29) is 22.7 Å². The zero-order chi connectivity index (χ0) is 33.3. The Balaban J connectivity index is 1.58. The van der Waals surface area contributed by atoms with Crippen LogP contribution in [0.2, 0.25) is 0 Å². The van der Waals surface area contributed by atoms with Crippen molar-refractivity contribution in [1.29, 1.82) is 0 Å². The number of rotatable bonds is 8. The SMILES string of the molecule is C[C@H](C/C=C/C(C)(C)O)[C@H]1CC[C@@]2(C)[C@@H]3[C@@H](O[C@@H]4O[C@H](CO)[C@@H](O)[C@H](O)[C@H]4O)C=C4C(CC[C@H](O)C4(C)C)[C@]3(C=O)CC[C@]12C. The Morgan fingerprint density at radius 3 is 2.31 bits per heavy atom. The van der Waals surface area contributed by atoms with Crippen molar-refractivity contribution in [2.24, 2.45) is 45.3 Å². The number of allylic oxidation sites excluding steroid dienone is 1. The van der Waals surface area contributed by atoms with Crippen molar-refractivity contribution in [3.05, 3.63) is 23.8 Å². The van der Waals surface area contributed by atoms with Gasteiger partial charge in [0, 0.05) is 16.7 Å². The smallest absolute Gasteiger partial charge is 0.187 e. The van der Waals surface area contributed by atoms with E-state index < -0.39 is 66.0 Å². The topological polar surface area (TPSA) is 157 Å². The first-order valence-corrected chi connectivity index (χ1v) is 17.1. The Morgan fingerprint density at radius 1 is 1.00 bits per heavy atom. The number of carbonyl (C=O) groups excluding carboxylic acids is 1. The summed E-state index contributed by atoms with van der Waals surface area (Å²) in [7, 11) is 0. The molecule has 0 aromatic rings. The average molecular weight is 635 g/mol. The summed E-state index contributed by atoms with van der Waals surface area (Å²) in [6, 6.07) is 0. The van der Waals surface area contributed by atoms with Crippen LogP contribution in [0.1, 0.15) is 93.4 Å². The first kappa shape index (κ1) is 35.1. The molecule has 14 atom stereocenters. The Kier molecular flexibility index (Phi) is 9.42. The first-order valence-electron chi connectivity index (χ1n) is 17.1. The minimum atomic E-state index is -1.57. The van der Waals surface area contributed by atoms with Crippen LogP contribution >= 0.6 is 0 Å². The summed E-state index contributed by atoms with van der Waals surface area (Å²) in [4.78, 5) is 13.7. The van der Waals surface area contributed by atoms with Gasteiger partial charge in [0.05, 0.1) is 24.4 Å². The van der Waals surface area contributed by atoms with Crippen LogP contribution in [0.5, 0.6) is 0 Å². The molecule has 1 aliphatic heterocycles. The van der Waals surface area contributed by atoms with Crippen molar-refractivity contribution < 1.29 is 44.9 Å². The molecule has 0 aromatic heterocycles. The molecule has 1 saturated heterocycles. The highest BCUT2D eigenvalue weighted by Crippen LogP contribution is 2.75. The number of aldehydes is 1.